The molecule has 0 saturated carbocycles. The number of hydrogen-bond acceptors (Lipinski definition) is 3. The highest BCUT2D eigenvalue weighted by Crippen LogP contribution is 2.19. The highest BCUT2D eigenvalue weighted by Gasteiger charge is 2.19. The first-order valence-electron chi connectivity index (χ1n) is 5.02. The van der Waals surface area contributed by atoms with Crippen molar-refractivity contribution < 1.29 is 26.4 Å². The normalized spacial score (nSPS) is 11.7. The first-order chi connectivity index (χ1) is 8.62. The third-order valence-electron chi connectivity index (χ3n) is 2.28. The Morgan fingerprint density at radius 1 is 1.42 bits per heavy atom. The molecule has 0 heterocycles. The van der Waals surface area contributed by atoms with Crippen LogP contribution in [-0.2, 0) is 10.0 Å². The fourth-order valence-corrected chi connectivity index (χ4v) is 2.17. The quantitative estimate of drug-likeness (QED) is 0.860. The van der Waals surface area contributed by atoms with E-state index in [4.69, 9.17) is 5.14 Å². The molecule has 106 valence electrons. The standard InChI is InChI=1S/C10H11F3N2O3S/c1-5-7(11)2-6(3-8(5)19(14,17)18)10(16)15-4-9(12)13/h2-3,9H,4H2,1H3,(H,15,16)(H2,14,17,18). The summed E-state index contributed by atoms with van der Waals surface area (Å²) in [6.07, 6.45) is -2.77. The molecule has 0 radical (unpaired) electrons. The van der Waals surface area contributed by atoms with E-state index in [1.807, 2.05) is 5.32 Å². The van der Waals surface area contributed by atoms with E-state index in [9.17, 15) is 26.4 Å². The van der Waals surface area contributed by atoms with Crippen LogP contribution < -0.4 is 10.5 Å². The Balaban J connectivity index is 3.18. The van der Waals surface area contributed by atoms with Crippen LogP contribution in [0.25, 0.3) is 0 Å². The molecule has 3 N–H and O–H groups in total. The second kappa shape index (κ2) is 5.57. The van der Waals surface area contributed by atoms with Gasteiger partial charge < -0.3 is 5.32 Å². The van der Waals surface area contributed by atoms with Crippen LogP contribution in [0.3, 0.4) is 0 Å². The van der Waals surface area contributed by atoms with Crippen LogP contribution in [0.1, 0.15) is 15.9 Å². The molecule has 0 aliphatic carbocycles. The van der Waals surface area contributed by atoms with Crippen molar-refractivity contribution in [1.82, 2.24) is 5.32 Å². The van der Waals surface area contributed by atoms with Gasteiger partial charge in [-0.2, -0.15) is 0 Å². The molecule has 0 aliphatic rings. The minimum atomic E-state index is -4.21. The van der Waals surface area contributed by atoms with Crippen LogP contribution in [0.5, 0.6) is 0 Å². The number of sulfonamides is 1. The van der Waals surface area contributed by atoms with E-state index in [2.05, 4.69) is 0 Å². The summed E-state index contributed by atoms with van der Waals surface area (Å²) < 4.78 is 59.7. The highest BCUT2D eigenvalue weighted by atomic mass is 32.2. The fourth-order valence-electron chi connectivity index (χ4n) is 1.35. The monoisotopic (exact) mass is 296 g/mol. The number of hydrogen-bond donors (Lipinski definition) is 2. The lowest BCUT2D eigenvalue weighted by Gasteiger charge is -2.09. The number of carbonyl (C=O) groups is 1. The fraction of sp³-hybridized carbons (Fsp3) is 0.300. The summed E-state index contributed by atoms with van der Waals surface area (Å²) in [4.78, 5) is 10.9. The smallest absolute Gasteiger partial charge is 0.255 e. The van der Waals surface area contributed by atoms with Crippen molar-refractivity contribution in [3.63, 3.8) is 0 Å². The molecule has 19 heavy (non-hydrogen) atoms. The van der Waals surface area contributed by atoms with Crippen molar-refractivity contribution in [2.75, 3.05) is 6.54 Å². The first-order valence-corrected chi connectivity index (χ1v) is 6.57. The molecule has 0 unspecified atom stereocenters. The molecule has 9 heteroatoms. The number of primary sulfonamides is 1. The van der Waals surface area contributed by atoms with Gasteiger partial charge in [0.1, 0.15) is 5.82 Å². The summed E-state index contributed by atoms with van der Waals surface area (Å²) in [6, 6.07) is 1.60. The molecule has 1 rings (SSSR count). The molecule has 0 aliphatic heterocycles. The summed E-state index contributed by atoms with van der Waals surface area (Å²) in [5.41, 5.74) is -0.638. The topological polar surface area (TPSA) is 89.3 Å². The van der Waals surface area contributed by atoms with Gasteiger partial charge in [-0.05, 0) is 19.1 Å². The second-order valence-corrected chi connectivity index (χ2v) is 5.26. The van der Waals surface area contributed by atoms with Crippen LogP contribution in [-0.4, -0.2) is 27.3 Å². The van der Waals surface area contributed by atoms with Crippen LogP contribution in [0.15, 0.2) is 17.0 Å². The largest absolute Gasteiger partial charge is 0.346 e. The van der Waals surface area contributed by atoms with Crippen molar-refractivity contribution >= 4 is 15.9 Å². The van der Waals surface area contributed by atoms with E-state index in [0.717, 1.165) is 12.1 Å². The lowest BCUT2D eigenvalue weighted by atomic mass is 10.1. The molecule has 5 nitrogen and oxygen atoms in total. The maximum Gasteiger partial charge on any atom is 0.255 e. The van der Waals surface area contributed by atoms with Gasteiger partial charge in [0.25, 0.3) is 12.3 Å². The van der Waals surface area contributed by atoms with Crippen molar-refractivity contribution in [2.45, 2.75) is 18.2 Å². The summed E-state index contributed by atoms with van der Waals surface area (Å²) in [7, 11) is -4.21. The van der Waals surface area contributed by atoms with Gasteiger partial charge in [-0.3, -0.25) is 4.79 Å². The van der Waals surface area contributed by atoms with Crippen LogP contribution in [0.2, 0.25) is 0 Å². The molecule has 0 saturated heterocycles. The Morgan fingerprint density at radius 2 is 2.00 bits per heavy atom. The zero-order valence-electron chi connectivity index (χ0n) is 9.78. The van der Waals surface area contributed by atoms with Crippen LogP contribution in [0, 0.1) is 12.7 Å². The summed E-state index contributed by atoms with van der Waals surface area (Å²) in [5, 5.41) is 6.70. The van der Waals surface area contributed by atoms with Gasteiger partial charge in [-0.15, -0.1) is 0 Å². The molecule has 0 bridgehead atoms. The third-order valence-corrected chi connectivity index (χ3v) is 3.32. The number of carbonyl (C=O) groups excluding carboxylic acids is 1. The van der Waals surface area contributed by atoms with E-state index in [1.54, 1.807) is 0 Å². The van der Waals surface area contributed by atoms with Gasteiger partial charge in [0.2, 0.25) is 10.0 Å². The van der Waals surface area contributed by atoms with E-state index in [-0.39, 0.29) is 5.56 Å². The maximum absolute atomic E-state index is 13.5. The molecular weight excluding hydrogens is 285 g/mol. The van der Waals surface area contributed by atoms with Gasteiger partial charge >= 0.3 is 0 Å². The first kappa shape index (κ1) is 15.4. The average molecular weight is 296 g/mol. The Hall–Kier alpha value is -1.61. The van der Waals surface area contributed by atoms with E-state index in [0.29, 0.717) is 0 Å². The number of benzene rings is 1. The lowest BCUT2D eigenvalue weighted by molar-refractivity contribution is 0.0891. The average Bonchev–Trinajstić information content (AvgIpc) is 2.27. The van der Waals surface area contributed by atoms with Gasteiger partial charge in [-0.25, -0.2) is 26.7 Å². The van der Waals surface area contributed by atoms with E-state index in [1.165, 1.54) is 6.92 Å². The summed E-state index contributed by atoms with van der Waals surface area (Å²) in [6.45, 7) is 0.259. The number of amides is 1. The van der Waals surface area contributed by atoms with Crippen LogP contribution in [0.4, 0.5) is 13.2 Å². The van der Waals surface area contributed by atoms with Gasteiger partial charge in [0.05, 0.1) is 11.4 Å². The summed E-state index contributed by atoms with van der Waals surface area (Å²) in [5.74, 6) is -1.97. The zero-order chi connectivity index (χ0) is 14.8. The number of halogens is 3. The number of nitrogens with one attached hydrogen (secondary N) is 1. The van der Waals surface area contributed by atoms with Gasteiger partial charge in [0, 0.05) is 11.1 Å². The number of nitrogens with two attached hydrogens (primary N) is 1. The molecule has 1 aromatic carbocycles. The number of rotatable bonds is 4. The zero-order valence-corrected chi connectivity index (χ0v) is 10.6. The van der Waals surface area contributed by atoms with Crippen molar-refractivity contribution in [3.8, 4) is 0 Å². The SMILES string of the molecule is Cc1c(F)cc(C(=O)NCC(F)F)cc1S(N)(=O)=O. The molecule has 1 aromatic rings. The van der Waals surface area contributed by atoms with Crippen molar-refractivity contribution in [3.05, 3.63) is 29.1 Å². The molecular formula is C10H11F3N2O3S. The van der Waals surface area contributed by atoms with Crippen molar-refractivity contribution in [1.29, 1.82) is 0 Å². The Bertz CT molecular complexity index is 602. The Labute approximate surface area is 107 Å². The molecule has 0 aromatic heterocycles. The highest BCUT2D eigenvalue weighted by molar-refractivity contribution is 7.89. The minimum absolute atomic E-state index is 0.243. The molecule has 1 amide bonds. The van der Waals surface area contributed by atoms with E-state index >= 15 is 0 Å². The van der Waals surface area contributed by atoms with E-state index < -0.39 is 45.2 Å². The van der Waals surface area contributed by atoms with Crippen molar-refractivity contribution in [2.24, 2.45) is 5.14 Å². The second-order valence-electron chi connectivity index (χ2n) is 3.73. The molecule has 0 atom stereocenters. The summed E-state index contributed by atoms with van der Waals surface area (Å²) >= 11 is 0. The Kier molecular flexibility index (Phi) is 4.53. The lowest BCUT2D eigenvalue weighted by Crippen LogP contribution is -2.29. The predicted octanol–water partition coefficient (Wildman–Crippen LogP) is 0.776. The third kappa shape index (κ3) is 3.93. The molecule has 0 spiro atoms. The Morgan fingerprint density at radius 3 is 2.47 bits per heavy atom. The molecule has 0 fully saturated rings. The van der Waals surface area contributed by atoms with Gasteiger partial charge in [-0.1, -0.05) is 0 Å². The predicted molar refractivity (Wildman–Crippen MR) is 60.8 cm³/mol. The minimum Gasteiger partial charge on any atom is -0.346 e. The van der Waals surface area contributed by atoms with Gasteiger partial charge in [0.15, 0.2) is 0 Å². The maximum atomic E-state index is 13.5. The van der Waals surface area contributed by atoms with Crippen LogP contribution >= 0.6 is 0 Å². The number of alkyl halides is 2.